The fourth-order valence-electron chi connectivity index (χ4n) is 2.51. The van der Waals surface area contributed by atoms with Crippen molar-refractivity contribution in [2.24, 2.45) is 0 Å². The first-order valence-electron chi connectivity index (χ1n) is 6.88. The highest BCUT2D eigenvalue weighted by atomic mass is 15.3. The zero-order valence-corrected chi connectivity index (χ0v) is 11.5. The first-order chi connectivity index (χ1) is 9.25. The topological polar surface area (TPSA) is 46.8 Å². The van der Waals surface area contributed by atoms with E-state index in [2.05, 4.69) is 40.1 Å². The van der Waals surface area contributed by atoms with Gasteiger partial charge in [0.05, 0.1) is 5.69 Å². The zero-order chi connectivity index (χ0) is 13.2. The Morgan fingerprint density at radius 3 is 2.47 bits per heavy atom. The molecule has 3 heterocycles. The highest BCUT2D eigenvalue weighted by molar-refractivity contribution is 5.55. The summed E-state index contributed by atoms with van der Waals surface area (Å²) in [6.45, 7) is 6.42. The molecule has 0 saturated carbocycles. The third-order valence-electron chi connectivity index (χ3n) is 3.50. The summed E-state index contributed by atoms with van der Waals surface area (Å²) in [6.07, 6.45) is 4.32. The number of aromatic nitrogens is 4. The third-order valence-corrected chi connectivity index (χ3v) is 3.50. The highest BCUT2D eigenvalue weighted by Crippen LogP contribution is 2.22. The maximum atomic E-state index is 4.36. The van der Waals surface area contributed by atoms with Crippen LogP contribution in [0, 0.1) is 0 Å². The van der Waals surface area contributed by atoms with Gasteiger partial charge >= 0.3 is 0 Å². The van der Waals surface area contributed by atoms with Crippen LogP contribution in [0.25, 0.3) is 11.4 Å². The molecule has 0 N–H and O–H groups in total. The van der Waals surface area contributed by atoms with E-state index in [0.717, 1.165) is 30.3 Å². The van der Waals surface area contributed by atoms with Gasteiger partial charge in [0.15, 0.2) is 5.82 Å². The van der Waals surface area contributed by atoms with Crippen molar-refractivity contribution in [2.45, 2.75) is 32.7 Å². The first-order valence-corrected chi connectivity index (χ1v) is 6.88. The standard InChI is InChI=1S/C14H19N5/c1-11(2)19-13(7-8-15-19)12-5-6-14(17-16-12)18-9-3-4-10-18/h5-8,11H,3-4,9-10H2,1-2H3. The van der Waals surface area contributed by atoms with Gasteiger partial charge in [-0.3, -0.25) is 4.68 Å². The summed E-state index contributed by atoms with van der Waals surface area (Å²) in [5, 5.41) is 13.0. The van der Waals surface area contributed by atoms with Crippen LogP contribution in [0.5, 0.6) is 0 Å². The van der Waals surface area contributed by atoms with Gasteiger partial charge < -0.3 is 4.90 Å². The van der Waals surface area contributed by atoms with Crippen molar-refractivity contribution < 1.29 is 0 Å². The predicted octanol–water partition coefficient (Wildman–Crippen LogP) is 2.52. The van der Waals surface area contributed by atoms with Crippen LogP contribution in [0.1, 0.15) is 32.7 Å². The van der Waals surface area contributed by atoms with E-state index in [9.17, 15) is 0 Å². The molecule has 0 bridgehead atoms. The molecule has 0 atom stereocenters. The Hall–Kier alpha value is -1.91. The van der Waals surface area contributed by atoms with Crippen LogP contribution in [-0.4, -0.2) is 33.1 Å². The average molecular weight is 257 g/mol. The lowest BCUT2D eigenvalue weighted by molar-refractivity contribution is 0.537. The summed E-state index contributed by atoms with van der Waals surface area (Å²) < 4.78 is 1.97. The maximum absolute atomic E-state index is 4.36. The molecule has 100 valence electrons. The highest BCUT2D eigenvalue weighted by Gasteiger charge is 2.15. The van der Waals surface area contributed by atoms with E-state index < -0.39 is 0 Å². The van der Waals surface area contributed by atoms with Crippen molar-refractivity contribution in [3.8, 4) is 11.4 Å². The molecule has 2 aromatic rings. The summed E-state index contributed by atoms with van der Waals surface area (Å²) >= 11 is 0. The second-order valence-corrected chi connectivity index (χ2v) is 5.23. The Morgan fingerprint density at radius 1 is 1.05 bits per heavy atom. The quantitative estimate of drug-likeness (QED) is 0.847. The Kier molecular flexibility index (Phi) is 3.19. The molecular weight excluding hydrogens is 238 g/mol. The van der Waals surface area contributed by atoms with Crippen LogP contribution in [0.15, 0.2) is 24.4 Å². The number of rotatable bonds is 3. The molecule has 19 heavy (non-hydrogen) atoms. The average Bonchev–Trinajstić information content (AvgIpc) is 3.10. The lowest BCUT2D eigenvalue weighted by Gasteiger charge is -2.15. The Balaban J connectivity index is 1.87. The molecule has 0 aliphatic carbocycles. The molecule has 0 radical (unpaired) electrons. The van der Waals surface area contributed by atoms with Gasteiger partial charge in [-0.05, 0) is 44.9 Å². The van der Waals surface area contributed by atoms with Gasteiger partial charge in [0.2, 0.25) is 0 Å². The van der Waals surface area contributed by atoms with Gasteiger partial charge in [-0.15, -0.1) is 10.2 Å². The van der Waals surface area contributed by atoms with E-state index in [0.29, 0.717) is 6.04 Å². The van der Waals surface area contributed by atoms with Crippen molar-refractivity contribution >= 4 is 5.82 Å². The van der Waals surface area contributed by atoms with Crippen LogP contribution in [-0.2, 0) is 0 Å². The van der Waals surface area contributed by atoms with Gasteiger partial charge in [-0.25, -0.2) is 0 Å². The minimum Gasteiger partial charge on any atom is -0.355 e. The Morgan fingerprint density at radius 2 is 1.84 bits per heavy atom. The number of nitrogens with zero attached hydrogens (tertiary/aromatic N) is 5. The summed E-state index contributed by atoms with van der Waals surface area (Å²) in [5.41, 5.74) is 1.91. The van der Waals surface area contributed by atoms with Gasteiger partial charge in [-0.2, -0.15) is 5.10 Å². The molecule has 1 saturated heterocycles. The van der Waals surface area contributed by atoms with E-state index in [-0.39, 0.29) is 0 Å². The minimum atomic E-state index is 0.324. The van der Waals surface area contributed by atoms with Crippen LogP contribution in [0.2, 0.25) is 0 Å². The molecule has 0 unspecified atom stereocenters. The summed E-state index contributed by atoms with van der Waals surface area (Å²) in [7, 11) is 0. The SMILES string of the molecule is CC(C)n1nccc1-c1ccc(N2CCCC2)nn1. The molecule has 2 aromatic heterocycles. The lowest BCUT2D eigenvalue weighted by Crippen LogP contribution is -2.19. The van der Waals surface area contributed by atoms with E-state index in [1.807, 2.05) is 23.0 Å². The summed E-state index contributed by atoms with van der Waals surface area (Å²) in [5.74, 6) is 0.983. The van der Waals surface area contributed by atoms with Gasteiger partial charge in [0.25, 0.3) is 0 Å². The van der Waals surface area contributed by atoms with Gasteiger partial charge in [0, 0.05) is 25.3 Å². The smallest absolute Gasteiger partial charge is 0.151 e. The van der Waals surface area contributed by atoms with E-state index in [1.54, 1.807) is 0 Å². The largest absolute Gasteiger partial charge is 0.355 e. The van der Waals surface area contributed by atoms with Crippen molar-refractivity contribution in [3.63, 3.8) is 0 Å². The van der Waals surface area contributed by atoms with E-state index in [1.165, 1.54) is 12.8 Å². The number of anilines is 1. The molecule has 1 fully saturated rings. The Labute approximate surface area is 113 Å². The second kappa shape index (κ2) is 4.99. The van der Waals surface area contributed by atoms with Crippen molar-refractivity contribution in [1.82, 2.24) is 20.0 Å². The molecule has 1 aliphatic heterocycles. The fraction of sp³-hybridized carbons (Fsp3) is 0.500. The van der Waals surface area contributed by atoms with Crippen LogP contribution in [0.4, 0.5) is 5.82 Å². The minimum absolute atomic E-state index is 0.324. The maximum Gasteiger partial charge on any atom is 0.151 e. The number of hydrogen-bond donors (Lipinski definition) is 0. The van der Waals surface area contributed by atoms with Gasteiger partial charge in [-0.1, -0.05) is 0 Å². The van der Waals surface area contributed by atoms with Crippen LogP contribution >= 0.6 is 0 Å². The monoisotopic (exact) mass is 257 g/mol. The lowest BCUT2D eigenvalue weighted by atomic mass is 10.2. The molecular formula is C14H19N5. The molecule has 5 heteroatoms. The van der Waals surface area contributed by atoms with Crippen LogP contribution in [0.3, 0.4) is 0 Å². The number of hydrogen-bond acceptors (Lipinski definition) is 4. The first kappa shape index (κ1) is 12.1. The molecule has 5 nitrogen and oxygen atoms in total. The van der Waals surface area contributed by atoms with Crippen molar-refractivity contribution in [2.75, 3.05) is 18.0 Å². The molecule has 1 aliphatic rings. The molecule has 0 aromatic carbocycles. The zero-order valence-electron chi connectivity index (χ0n) is 11.5. The normalized spacial score (nSPS) is 15.4. The summed E-state index contributed by atoms with van der Waals surface area (Å²) in [6, 6.07) is 6.41. The van der Waals surface area contributed by atoms with Gasteiger partial charge in [0.1, 0.15) is 5.69 Å². The third kappa shape index (κ3) is 2.32. The predicted molar refractivity (Wildman–Crippen MR) is 75.1 cm³/mol. The fourth-order valence-corrected chi connectivity index (χ4v) is 2.51. The molecule has 0 spiro atoms. The van der Waals surface area contributed by atoms with E-state index >= 15 is 0 Å². The summed E-state index contributed by atoms with van der Waals surface area (Å²) in [4.78, 5) is 2.29. The molecule has 3 rings (SSSR count). The van der Waals surface area contributed by atoms with E-state index in [4.69, 9.17) is 0 Å². The molecule has 0 amide bonds. The second-order valence-electron chi connectivity index (χ2n) is 5.23. The van der Waals surface area contributed by atoms with Crippen molar-refractivity contribution in [3.05, 3.63) is 24.4 Å². The Bertz CT molecular complexity index is 537. The van der Waals surface area contributed by atoms with Crippen molar-refractivity contribution in [1.29, 1.82) is 0 Å². The van der Waals surface area contributed by atoms with Crippen LogP contribution < -0.4 is 4.90 Å².